The van der Waals surface area contributed by atoms with Gasteiger partial charge in [-0.3, -0.25) is 19.5 Å². The minimum Gasteiger partial charge on any atom is -0.351 e. The third kappa shape index (κ3) is 3.79. The van der Waals surface area contributed by atoms with Gasteiger partial charge in [-0.15, -0.1) is 17.9 Å². The quantitative estimate of drug-likeness (QED) is 0.435. The van der Waals surface area contributed by atoms with Crippen LogP contribution in [0.25, 0.3) is 10.2 Å². The van der Waals surface area contributed by atoms with Crippen molar-refractivity contribution >= 4 is 45.3 Å². The van der Waals surface area contributed by atoms with Crippen LogP contribution in [0.3, 0.4) is 0 Å². The number of fused-ring (bicyclic) bond motifs is 3. The third-order valence-electron chi connectivity index (χ3n) is 4.44. The smallest absolute Gasteiger partial charge is 0.318 e. The molecule has 0 saturated carbocycles. The zero-order valence-corrected chi connectivity index (χ0v) is 16.9. The number of thioether (sulfide) groups is 1. The molecule has 2 aromatic heterocycles. The molecule has 0 aromatic carbocycles. The molecule has 0 unspecified atom stereocenters. The molecule has 3 rings (SSSR count). The Labute approximate surface area is 165 Å². The van der Waals surface area contributed by atoms with Crippen molar-refractivity contribution in [2.45, 2.75) is 50.1 Å². The largest absolute Gasteiger partial charge is 0.351 e. The molecule has 0 fully saturated rings. The topological polar surface area (TPSA) is 107 Å². The highest BCUT2D eigenvalue weighted by atomic mass is 32.2. The van der Waals surface area contributed by atoms with E-state index in [0.29, 0.717) is 21.9 Å². The first-order chi connectivity index (χ1) is 12.8. The molecule has 0 bridgehead atoms. The summed E-state index contributed by atoms with van der Waals surface area (Å²) in [6.07, 6.45) is 4.59. The number of rotatable bonds is 6. The fourth-order valence-corrected chi connectivity index (χ4v) is 5.64. The summed E-state index contributed by atoms with van der Waals surface area (Å²) in [5.74, 6) is -0.580. The van der Waals surface area contributed by atoms with Gasteiger partial charge in [0, 0.05) is 11.4 Å². The van der Waals surface area contributed by atoms with Gasteiger partial charge in [0.25, 0.3) is 5.56 Å². The van der Waals surface area contributed by atoms with Crippen LogP contribution in [0.2, 0.25) is 0 Å². The van der Waals surface area contributed by atoms with Crippen LogP contribution in [0.1, 0.15) is 30.7 Å². The number of thiophene rings is 1. The summed E-state index contributed by atoms with van der Waals surface area (Å²) < 4.78 is 1.55. The number of amides is 3. The second-order valence-electron chi connectivity index (χ2n) is 6.77. The summed E-state index contributed by atoms with van der Waals surface area (Å²) in [5, 5.41) is 2.66. The normalized spacial score (nSPS) is 14.3. The molecule has 0 spiro atoms. The van der Waals surface area contributed by atoms with Crippen LogP contribution in [-0.2, 0) is 24.2 Å². The Bertz CT molecular complexity index is 977. The maximum atomic E-state index is 13.2. The lowest BCUT2D eigenvalue weighted by Gasteiger charge is -2.20. The van der Waals surface area contributed by atoms with E-state index in [1.165, 1.54) is 16.6 Å². The number of allylic oxidation sites excluding steroid dienone is 1. The highest BCUT2D eigenvalue weighted by Gasteiger charge is 2.28. The number of hydrogen-bond donors (Lipinski definition) is 2. The molecule has 2 heterocycles. The minimum absolute atomic E-state index is 0.0903. The highest BCUT2D eigenvalue weighted by Crippen LogP contribution is 2.36. The number of aryl methyl sites for hydroxylation is 2. The van der Waals surface area contributed by atoms with E-state index in [0.717, 1.165) is 24.8 Å². The summed E-state index contributed by atoms with van der Waals surface area (Å²) in [6, 6.07) is -0.896. The molecular weight excluding hydrogens is 384 g/mol. The molecule has 3 amide bonds. The van der Waals surface area contributed by atoms with Crippen LogP contribution < -0.4 is 16.6 Å². The number of nitrogens with one attached hydrogen (secondary N) is 1. The first-order valence-corrected chi connectivity index (χ1v) is 10.5. The zero-order valence-electron chi connectivity index (χ0n) is 15.3. The average Bonchev–Trinajstić information content (AvgIpc) is 3.15. The first kappa shape index (κ1) is 19.6. The van der Waals surface area contributed by atoms with Gasteiger partial charge in [0.15, 0.2) is 5.16 Å². The molecular formula is C18H22N4O3S2. The van der Waals surface area contributed by atoms with Crippen molar-refractivity contribution in [3.8, 4) is 0 Å². The Morgan fingerprint density at radius 3 is 2.81 bits per heavy atom. The van der Waals surface area contributed by atoms with E-state index in [4.69, 9.17) is 10.7 Å². The van der Waals surface area contributed by atoms with E-state index >= 15 is 0 Å². The van der Waals surface area contributed by atoms with Gasteiger partial charge in [-0.1, -0.05) is 31.7 Å². The third-order valence-corrected chi connectivity index (χ3v) is 7.16. The van der Waals surface area contributed by atoms with E-state index < -0.39 is 17.2 Å². The van der Waals surface area contributed by atoms with Crippen LogP contribution in [0.4, 0.5) is 4.79 Å². The van der Waals surface area contributed by atoms with E-state index in [1.54, 1.807) is 22.0 Å². The van der Waals surface area contributed by atoms with Crippen LogP contribution in [0.15, 0.2) is 22.6 Å². The fourth-order valence-electron chi connectivity index (χ4n) is 3.24. The maximum Gasteiger partial charge on any atom is 0.318 e. The molecule has 27 heavy (non-hydrogen) atoms. The number of urea groups is 1. The molecule has 1 aliphatic carbocycles. The summed E-state index contributed by atoms with van der Waals surface area (Å²) in [4.78, 5) is 43.2. The van der Waals surface area contributed by atoms with E-state index in [9.17, 15) is 14.4 Å². The van der Waals surface area contributed by atoms with Crippen molar-refractivity contribution in [1.82, 2.24) is 14.9 Å². The van der Waals surface area contributed by atoms with Crippen molar-refractivity contribution in [1.29, 1.82) is 0 Å². The lowest BCUT2D eigenvalue weighted by molar-refractivity contribution is -0.120. The Balaban J connectivity index is 2.08. The molecule has 144 valence electrons. The van der Waals surface area contributed by atoms with E-state index in [-0.39, 0.29) is 11.5 Å². The standard InChI is InChI=1S/C18H22N4O3S2/c1-4-8-22-16(24)12-10-6-5-7-11(10)26-15(12)21-18(22)27-13(9(2)3)14(23)20-17(19)25/h4,9,13H,1,5-8H2,2-3H3,(H3,19,20,23,25)/t13-/m0/s1. The fraction of sp³-hybridized carbons (Fsp3) is 0.444. The summed E-state index contributed by atoms with van der Waals surface area (Å²) in [5.41, 5.74) is 6.10. The van der Waals surface area contributed by atoms with Gasteiger partial charge in [0.1, 0.15) is 4.83 Å². The summed E-state index contributed by atoms with van der Waals surface area (Å²) in [7, 11) is 0. The Morgan fingerprint density at radius 2 is 2.19 bits per heavy atom. The van der Waals surface area contributed by atoms with Crippen LogP contribution in [-0.4, -0.2) is 26.7 Å². The highest BCUT2D eigenvalue weighted by molar-refractivity contribution is 8.00. The predicted octanol–water partition coefficient (Wildman–Crippen LogP) is 2.44. The number of primary amides is 1. The van der Waals surface area contributed by atoms with Gasteiger partial charge in [-0.05, 0) is 30.7 Å². The van der Waals surface area contributed by atoms with Crippen molar-refractivity contribution in [3.63, 3.8) is 0 Å². The lowest BCUT2D eigenvalue weighted by Crippen LogP contribution is -2.42. The molecule has 0 saturated heterocycles. The number of hydrogen-bond acceptors (Lipinski definition) is 6. The average molecular weight is 407 g/mol. The van der Waals surface area contributed by atoms with E-state index in [2.05, 4.69) is 11.9 Å². The molecule has 7 nitrogen and oxygen atoms in total. The molecule has 2 aromatic rings. The van der Waals surface area contributed by atoms with Gasteiger partial charge in [-0.2, -0.15) is 0 Å². The van der Waals surface area contributed by atoms with Gasteiger partial charge in [-0.25, -0.2) is 9.78 Å². The zero-order chi connectivity index (χ0) is 19.7. The van der Waals surface area contributed by atoms with Gasteiger partial charge in [0.2, 0.25) is 5.91 Å². The van der Waals surface area contributed by atoms with Gasteiger partial charge >= 0.3 is 6.03 Å². The number of aromatic nitrogens is 2. The maximum absolute atomic E-state index is 13.2. The molecule has 9 heteroatoms. The number of nitrogens with zero attached hydrogens (tertiary/aromatic N) is 2. The van der Waals surface area contributed by atoms with Crippen LogP contribution >= 0.6 is 23.1 Å². The van der Waals surface area contributed by atoms with E-state index in [1.807, 2.05) is 13.8 Å². The molecule has 1 aliphatic rings. The molecule has 0 radical (unpaired) electrons. The Morgan fingerprint density at radius 1 is 1.44 bits per heavy atom. The summed E-state index contributed by atoms with van der Waals surface area (Å²) in [6.45, 7) is 7.77. The van der Waals surface area contributed by atoms with Gasteiger partial charge in [0.05, 0.1) is 10.6 Å². The van der Waals surface area contributed by atoms with Crippen molar-refractivity contribution in [3.05, 3.63) is 33.4 Å². The van der Waals surface area contributed by atoms with Crippen molar-refractivity contribution < 1.29 is 9.59 Å². The molecule has 0 aliphatic heterocycles. The predicted molar refractivity (Wildman–Crippen MR) is 108 cm³/mol. The Kier molecular flexibility index (Phi) is 5.71. The van der Waals surface area contributed by atoms with Crippen molar-refractivity contribution in [2.75, 3.05) is 0 Å². The SMILES string of the molecule is C=CCn1c(S[C@H](C(=O)NC(N)=O)C(C)C)nc2sc3c(c2c1=O)CCC3. The number of nitrogens with two attached hydrogens (primary N) is 1. The second kappa shape index (κ2) is 7.85. The number of carbonyl (C=O) groups is 2. The Hall–Kier alpha value is -2.13. The van der Waals surface area contributed by atoms with Crippen molar-refractivity contribution in [2.24, 2.45) is 11.7 Å². The molecule has 3 N–H and O–H groups in total. The molecule has 1 atom stereocenters. The number of carbonyl (C=O) groups excluding carboxylic acids is 2. The minimum atomic E-state index is -0.896. The monoisotopic (exact) mass is 406 g/mol. The summed E-state index contributed by atoms with van der Waals surface area (Å²) >= 11 is 2.73. The number of imide groups is 1. The first-order valence-electron chi connectivity index (χ1n) is 8.76. The van der Waals surface area contributed by atoms with Crippen LogP contribution in [0, 0.1) is 5.92 Å². The lowest BCUT2D eigenvalue weighted by atomic mass is 10.1. The second-order valence-corrected chi connectivity index (χ2v) is 8.96. The van der Waals surface area contributed by atoms with Crippen LogP contribution in [0.5, 0.6) is 0 Å². The van der Waals surface area contributed by atoms with Gasteiger partial charge < -0.3 is 5.73 Å².